The average Bonchev–Trinajstić information content (AvgIpc) is 2.88. The van der Waals surface area contributed by atoms with Crippen LogP contribution in [0.25, 0.3) is 11.0 Å². The van der Waals surface area contributed by atoms with E-state index in [4.69, 9.17) is 27.9 Å². The van der Waals surface area contributed by atoms with E-state index < -0.39 is 11.5 Å². The van der Waals surface area contributed by atoms with Crippen LogP contribution in [0, 0.1) is 0 Å². The van der Waals surface area contributed by atoms with Crippen molar-refractivity contribution in [2.24, 2.45) is 0 Å². The van der Waals surface area contributed by atoms with Crippen LogP contribution in [0.5, 0.6) is 6.01 Å². The van der Waals surface area contributed by atoms with Gasteiger partial charge in [-0.3, -0.25) is 14.4 Å². The Morgan fingerprint density at radius 3 is 2.68 bits per heavy atom. The number of nitrogens with zero attached hydrogens (tertiary/aromatic N) is 2. The van der Waals surface area contributed by atoms with E-state index in [0.29, 0.717) is 23.4 Å². The summed E-state index contributed by atoms with van der Waals surface area (Å²) < 4.78 is 4.95. The molecule has 2 heterocycles. The van der Waals surface area contributed by atoms with E-state index >= 15 is 0 Å². The second kappa shape index (κ2) is 11.4. The van der Waals surface area contributed by atoms with Crippen molar-refractivity contribution >= 4 is 51.7 Å². The van der Waals surface area contributed by atoms with Gasteiger partial charge in [0.05, 0.1) is 30.4 Å². The van der Waals surface area contributed by atoms with Crippen LogP contribution in [0.1, 0.15) is 38.7 Å². The Morgan fingerprint density at radius 2 is 1.95 bits per heavy atom. The number of amides is 2. The van der Waals surface area contributed by atoms with Gasteiger partial charge in [0.1, 0.15) is 11.2 Å². The molecule has 2 aromatic heterocycles. The molecule has 4 rings (SSSR count). The summed E-state index contributed by atoms with van der Waals surface area (Å²) in [6.07, 6.45) is 2.03. The molecule has 1 atom stereocenters. The summed E-state index contributed by atoms with van der Waals surface area (Å²) in [7, 11) is 1.40. The molecule has 0 saturated carbocycles. The van der Waals surface area contributed by atoms with Crippen molar-refractivity contribution in [3.63, 3.8) is 0 Å². The van der Waals surface area contributed by atoms with E-state index in [2.05, 4.69) is 31.3 Å². The maximum Gasteiger partial charge on any atom is 0.318 e. The van der Waals surface area contributed by atoms with Crippen LogP contribution in [-0.4, -0.2) is 40.4 Å². The van der Waals surface area contributed by atoms with Crippen molar-refractivity contribution in [1.29, 1.82) is 0 Å². The molecule has 6 N–H and O–H groups in total. The lowest BCUT2D eigenvalue weighted by molar-refractivity contribution is -0.369. The number of rotatable bonds is 8. The lowest BCUT2D eigenvalue weighted by atomic mass is 10.0. The number of aromatic nitrogens is 3. The molecule has 0 fully saturated rings. The summed E-state index contributed by atoms with van der Waals surface area (Å²) in [5.74, 6) is -1.09. The van der Waals surface area contributed by atoms with Gasteiger partial charge in [0, 0.05) is 28.6 Å². The SMILES string of the molecule is COc1ncc2cc(C(=O)Nc3cc(C(=O)N[C@H](CC[NH3+])c4cccc(Cl)c4)ccc3Cl)c(=O)[nH]c2n1. The largest absolute Gasteiger partial charge is 0.467 e. The zero-order chi connectivity index (χ0) is 26.5. The molecule has 0 spiro atoms. The Bertz CT molecular complexity index is 1540. The van der Waals surface area contributed by atoms with E-state index in [9.17, 15) is 14.4 Å². The number of anilines is 1. The summed E-state index contributed by atoms with van der Waals surface area (Å²) in [5, 5.41) is 6.77. The van der Waals surface area contributed by atoms with E-state index in [-0.39, 0.29) is 45.4 Å². The second-order valence-corrected chi connectivity index (χ2v) is 8.89. The predicted molar refractivity (Wildman–Crippen MR) is 140 cm³/mol. The molecule has 2 aromatic carbocycles. The van der Waals surface area contributed by atoms with Gasteiger partial charge in [-0.05, 0) is 42.0 Å². The first-order valence-electron chi connectivity index (χ1n) is 11.2. The number of hydrogen-bond donors (Lipinski definition) is 4. The number of fused-ring (bicyclic) bond motifs is 1. The monoisotopic (exact) mass is 541 g/mol. The third-order valence-corrected chi connectivity index (χ3v) is 6.09. The molecule has 12 heteroatoms. The Labute approximate surface area is 221 Å². The Balaban J connectivity index is 1.56. The number of methoxy groups -OCH3 is 1. The average molecular weight is 542 g/mol. The van der Waals surface area contributed by atoms with Crippen molar-refractivity contribution in [3.8, 4) is 6.01 Å². The van der Waals surface area contributed by atoms with Crippen LogP contribution in [0.2, 0.25) is 10.0 Å². The Hall–Kier alpha value is -3.99. The fourth-order valence-corrected chi connectivity index (χ4v) is 4.05. The van der Waals surface area contributed by atoms with Crippen LogP contribution < -0.4 is 26.7 Å². The van der Waals surface area contributed by atoms with Crippen LogP contribution >= 0.6 is 23.2 Å². The topological polar surface area (TPSA) is 154 Å². The molecular weight excluding hydrogens is 519 g/mol. The highest BCUT2D eigenvalue weighted by Crippen LogP contribution is 2.25. The zero-order valence-electron chi connectivity index (χ0n) is 19.7. The van der Waals surface area contributed by atoms with Crippen LogP contribution in [0.3, 0.4) is 0 Å². The molecule has 2 amide bonds. The molecule has 0 aliphatic carbocycles. The van der Waals surface area contributed by atoms with Crippen molar-refractivity contribution in [2.75, 3.05) is 19.0 Å². The number of hydrogen-bond acceptors (Lipinski definition) is 6. The summed E-state index contributed by atoms with van der Waals surface area (Å²) in [6.45, 7) is 0.595. The minimum Gasteiger partial charge on any atom is -0.467 e. The van der Waals surface area contributed by atoms with E-state index in [0.717, 1.165) is 5.56 Å². The Kier molecular flexibility index (Phi) is 8.02. The molecule has 10 nitrogen and oxygen atoms in total. The highest BCUT2D eigenvalue weighted by Gasteiger charge is 2.19. The van der Waals surface area contributed by atoms with Gasteiger partial charge in [0.25, 0.3) is 17.4 Å². The van der Waals surface area contributed by atoms with Gasteiger partial charge in [-0.25, -0.2) is 4.98 Å². The normalized spacial score (nSPS) is 11.7. The molecule has 0 aliphatic heterocycles. The molecule has 0 radical (unpaired) electrons. The molecular formula is C25H23Cl2N6O4+. The first-order chi connectivity index (χ1) is 17.8. The number of carbonyl (C=O) groups excluding carboxylic acids is 2. The summed E-state index contributed by atoms with van der Waals surface area (Å²) >= 11 is 12.4. The maximum absolute atomic E-state index is 13.1. The number of halogens is 2. The van der Waals surface area contributed by atoms with Crippen molar-refractivity contribution in [1.82, 2.24) is 20.3 Å². The minimum absolute atomic E-state index is 0.0787. The number of ether oxygens (including phenoxy) is 1. The highest BCUT2D eigenvalue weighted by molar-refractivity contribution is 6.34. The number of benzene rings is 2. The van der Waals surface area contributed by atoms with Gasteiger partial charge in [0.15, 0.2) is 0 Å². The number of pyridine rings is 1. The smallest absolute Gasteiger partial charge is 0.318 e. The fraction of sp³-hybridized carbons (Fsp3) is 0.160. The molecule has 0 unspecified atom stereocenters. The number of quaternary nitrogens is 1. The van der Waals surface area contributed by atoms with Crippen molar-refractivity contribution in [2.45, 2.75) is 12.5 Å². The summed E-state index contributed by atoms with van der Waals surface area (Å²) in [5.41, 5.74) is 4.56. The van der Waals surface area contributed by atoms with Gasteiger partial charge in [-0.1, -0.05) is 35.3 Å². The van der Waals surface area contributed by atoms with Crippen LogP contribution in [0.15, 0.2) is 59.5 Å². The third kappa shape index (κ3) is 6.05. The Morgan fingerprint density at radius 1 is 1.14 bits per heavy atom. The zero-order valence-corrected chi connectivity index (χ0v) is 21.2. The number of carbonyl (C=O) groups is 2. The summed E-state index contributed by atoms with van der Waals surface area (Å²) in [4.78, 5) is 49.1. The third-order valence-electron chi connectivity index (χ3n) is 5.52. The lowest BCUT2D eigenvalue weighted by Gasteiger charge is -2.18. The van der Waals surface area contributed by atoms with Gasteiger partial charge < -0.3 is 26.1 Å². The van der Waals surface area contributed by atoms with Gasteiger partial charge in [-0.2, -0.15) is 4.98 Å². The van der Waals surface area contributed by atoms with Gasteiger partial charge >= 0.3 is 6.01 Å². The first kappa shape index (κ1) is 26.1. The molecule has 0 saturated heterocycles. The highest BCUT2D eigenvalue weighted by atomic mass is 35.5. The molecule has 0 aliphatic rings. The van der Waals surface area contributed by atoms with Crippen molar-refractivity contribution in [3.05, 3.63) is 91.8 Å². The maximum atomic E-state index is 13.1. The van der Waals surface area contributed by atoms with Crippen molar-refractivity contribution < 1.29 is 20.1 Å². The van der Waals surface area contributed by atoms with Crippen LogP contribution in [-0.2, 0) is 0 Å². The summed E-state index contributed by atoms with van der Waals surface area (Å²) in [6, 6.07) is 12.8. The fourth-order valence-electron chi connectivity index (χ4n) is 3.69. The quantitative estimate of drug-likeness (QED) is 0.269. The van der Waals surface area contributed by atoms with E-state index in [1.807, 2.05) is 12.1 Å². The predicted octanol–water partition coefficient (Wildman–Crippen LogP) is 2.99. The number of H-pyrrole nitrogens is 1. The lowest BCUT2D eigenvalue weighted by Crippen LogP contribution is -2.51. The first-order valence-corrected chi connectivity index (χ1v) is 11.9. The molecule has 190 valence electrons. The molecule has 0 bridgehead atoms. The van der Waals surface area contributed by atoms with E-state index in [1.54, 1.807) is 18.2 Å². The van der Waals surface area contributed by atoms with E-state index in [1.165, 1.54) is 31.5 Å². The second-order valence-electron chi connectivity index (χ2n) is 8.04. The molecule has 4 aromatic rings. The van der Waals surface area contributed by atoms with Gasteiger partial charge in [-0.15, -0.1) is 0 Å². The van der Waals surface area contributed by atoms with Gasteiger partial charge in [0.2, 0.25) is 0 Å². The number of nitrogens with one attached hydrogen (secondary N) is 3. The molecule has 37 heavy (non-hydrogen) atoms. The number of aromatic amines is 1. The minimum atomic E-state index is -0.715. The standard InChI is InChI=1S/C25H22Cl2N6O4/c1-37-25-29-12-15-10-17(24(36)32-21(15)33-25)23(35)31-20-11-14(5-6-18(20)27)22(34)30-19(7-8-28)13-3-2-4-16(26)9-13/h2-6,9-12,19H,7-8,28H2,1H3,(H,30,34)(H,31,35)(H,29,32,33,36)/p+1/t19-/m1/s1. The van der Waals surface area contributed by atoms with Crippen LogP contribution in [0.4, 0.5) is 5.69 Å².